The van der Waals surface area contributed by atoms with Gasteiger partial charge >= 0.3 is 6.09 Å². The first kappa shape index (κ1) is 25.4. The lowest BCUT2D eigenvalue weighted by Crippen LogP contribution is -2.66. The van der Waals surface area contributed by atoms with E-state index in [1.54, 1.807) is 39.0 Å². The topological polar surface area (TPSA) is 128 Å². The fraction of sp³-hybridized carbons (Fsp3) is 0.391. The van der Waals surface area contributed by atoms with Gasteiger partial charge in [0, 0.05) is 17.7 Å². The van der Waals surface area contributed by atoms with Crippen molar-refractivity contribution in [1.29, 1.82) is 0 Å². The number of amides is 1. The van der Waals surface area contributed by atoms with E-state index in [1.165, 1.54) is 36.4 Å². The maximum absolute atomic E-state index is 14.3. The van der Waals surface area contributed by atoms with E-state index in [1.807, 2.05) is 0 Å². The van der Waals surface area contributed by atoms with Gasteiger partial charge in [-0.2, -0.15) is 0 Å². The maximum atomic E-state index is 14.3. The van der Waals surface area contributed by atoms with Gasteiger partial charge < -0.3 is 21.3 Å². The highest BCUT2D eigenvalue weighted by atomic mass is 19.3. The minimum atomic E-state index is -3.78. The third kappa shape index (κ3) is 6.32. The Morgan fingerprint density at radius 1 is 1.06 bits per heavy atom. The molecule has 0 spiro atoms. The van der Waals surface area contributed by atoms with Crippen molar-refractivity contribution in [3.63, 3.8) is 0 Å². The van der Waals surface area contributed by atoms with Gasteiger partial charge in [0.15, 0.2) is 5.78 Å². The summed E-state index contributed by atoms with van der Waals surface area (Å²) in [5.41, 5.74) is 9.16. The highest BCUT2D eigenvalue weighted by Gasteiger charge is 2.53. The van der Waals surface area contributed by atoms with Crippen LogP contribution in [-0.4, -0.2) is 46.7 Å². The largest absolute Gasteiger partial charge is 0.444 e. The van der Waals surface area contributed by atoms with E-state index in [-0.39, 0.29) is 12.0 Å². The highest BCUT2D eigenvalue weighted by Crippen LogP contribution is 2.30. The molecule has 2 atom stereocenters. The second kappa shape index (κ2) is 9.72. The molecule has 0 bridgehead atoms. The summed E-state index contributed by atoms with van der Waals surface area (Å²) in [5.74, 6) is -4.62. The lowest BCUT2D eigenvalue weighted by molar-refractivity contribution is -0.123. The first-order valence-electron chi connectivity index (χ1n) is 10.0. The van der Waals surface area contributed by atoms with Gasteiger partial charge in [0.1, 0.15) is 17.2 Å². The number of carbonyl (C=O) groups is 2. The molecular formula is C23H29F2N3O4. The molecule has 2 unspecified atom stereocenters. The molecule has 2 rings (SSSR count). The van der Waals surface area contributed by atoms with Crippen LogP contribution in [-0.2, 0) is 11.2 Å². The third-order valence-electron chi connectivity index (χ3n) is 4.71. The third-order valence-corrected chi connectivity index (χ3v) is 4.71. The van der Waals surface area contributed by atoms with Crippen molar-refractivity contribution in [3.8, 4) is 0 Å². The van der Waals surface area contributed by atoms with E-state index in [4.69, 9.17) is 16.2 Å². The summed E-state index contributed by atoms with van der Waals surface area (Å²) in [5, 5.41) is 13.0. The van der Waals surface area contributed by atoms with Crippen LogP contribution in [0.15, 0.2) is 54.6 Å². The van der Waals surface area contributed by atoms with E-state index < -0.39 is 41.6 Å². The van der Waals surface area contributed by atoms with E-state index in [2.05, 4.69) is 5.32 Å². The molecule has 0 fully saturated rings. The first-order chi connectivity index (χ1) is 14.8. The van der Waals surface area contributed by atoms with Gasteiger partial charge in [-0.15, -0.1) is 0 Å². The Bertz CT molecular complexity index is 931. The van der Waals surface area contributed by atoms with Crippen LogP contribution in [0.5, 0.6) is 0 Å². The molecule has 0 heterocycles. The number of aliphatic hydroxyl groups excluding tert-OH is 1. The molecule has 0 saturated heterocycles. The number of alkyl halides is 2. The van der Waals surface area contributed by atoms with E-state index in [0.717, 1.165) is 0 Å². The summed E-state index contributed by atoms with van der Waals surface area (Å²) in [6.45, 7) is 4.00. The van der Waals surface area contributed by atoms with Crippen molar-refractivity contribution in [2.24, 2.45) is 11.5 Å². The van der Waals surface area contributed by atoms with E-state index in [0.29, 0.717) is 11.3 Å². The van der Waals surface area contributed by atoms with Gasteiger partial charge in [-0.05, 0) is 38.5 Å². The standard InChI is InChI=1S/C23H29F2N3O4/c1-21(2,3)32-20(31)28-17-11-9-15(10-12-17)13-22(27,19(30)23(24,25)14-26)18(29)16-7-5-4-6-8-16/h4-12,19,30H,13-14,26-27H2,1-3H3,(H,28,31). The smallest absolute Gasteiger partial charge is 0.412 e. The molecule has 0 saturated carbocycles. The predicted molar refractivity (Wildman–Crippen MR) is 118 cm³/mol. The molecule has 9 heteroatoms. The van der Waals surface area contributed by atoms with Crippen molar-refractivity contribution in [2.75, 3.05) is 11.9 Å². The van der Waals surface area contributed by atoms with E-state index >= 15 is 0 Å². The molecule has 2 aromatic carbocycles. The summed E-state index contributed by atoms with van der Waals surface area (Å²) < 4.78 is 33.8. The minimum Gasteiger partial charge on any atom is -0.444 e. The van der Waals surface area contributed by atoms with Gasteiger partial charge in [0.2, 0.25) is 0 Å². The van der Waals surface area contributed by atoms with Gasteiger partial charge in [-0.3, -0.25) is 10.1 Å². The van der Waals surface area contributed by atoms with Crippen molar-refractivity contribution in [2.45, 2.75) is 50.4 Å². The zero-order chi connectivity index (χ0) is 24.2. The monoisotopic (exact) mass is 449 g/mol. The Hall–Kier alpha value is -2.88. The average molecular weight is 449 g/mol. The second-order valence-electron chi connectivity index (χ2n) is 8.60. The van der Waals surface area contributed by atoms with Gasteiger partial charge in [-0.25, -0.2) is 13.6 Å². The molecule has 0 aromatic heterocycles. The number of nitrogens with one attached hydrogen (secondary N) is 1. The number of hydrogen-bond donors (Lipinski definition) is 4. The van der Waals surface area contributed by atoms with Crippen molar-refractivity contribution < 1.29 is 28.2 Å². The van der Waals surface area contributed by atoms with Crippen LogP contribution in [0, 0.1) is 0 Å². The zero-order valence-electron chi connectivity index (χ0n) is 18.3. The van der Waals surface area contributed by atoms with Gasteiger partial charge in [-0.1, -0.05) is 42.5 Å². The van der Waals surface area contributed by atoms with E-state index in [9.17, 15) is 23.5 Å². The molecule has 6 N–H and O–H groups in total. The Kier molecular flexibility index (Phi) is 7.71. The number of benzene rings is 2. The zero-order valence-corrected chi connectivity index (χ0v) is 18.3. The molecule has 0 aliphatic heterocycles. The summed E-state index contributed by atoms with van der Waals surface area (Å²) in [6, 6.07) is 13.7. The maximum Gasteiger partial charge on any atom is 0.412 e. The van der Waals surface area contributed by atoms with Crippen LogP contribution >= 0.6 is 0 Å². The molecule has 0 aliphatic rings. The molecule has 7 nitrogen and oxygen atoms in total. The van der Waals surface area contributed by atoms with Crippen LogP contribution in [0.25, 0.3) is 0 Å². The number of rotatable bonds is 8. The minimum absolute atomic E-state index is 0.0880. The van der Waals surface area contributed by atoms with Gasteiger partial charge in [0.25, 0.3) is 5.92 Å². The molecule has 0 aliphatic carbocycles. The normalized spacial score (nSPS) is 14.9. The van der Waals surface area contributed by atoms with Gasteiger partial charge in [0.05, 0.1) is 6.54 Å². The summed E-state index contributed by atoms with van der Waals surface area (Å²) in [7, 11) is 0. The number of aliphatic hydroxyl groups is 1. The van der Waals surface area contributed by atoms with Crippen LogP contribution in [0.4, 0.5) is 19.3 Å². The fourth-order valence-corrected chi connectivity index (χ4v) is 3.11. The predicted octanol–water partition coefficient (Wildman–Crippen LogP) is 3.11. The van der Waals surface area contributed by atoms with Crippen molar-refractivity contribution in [3.05, 3.63) is 65.7 Å². The Morgan fingerprint density at radius 3 is 2.12 bits per heavy atom. The fourth-order valence-electron chi connectivity index (χ4n) is 3.11. The molecular weight excluding hydrogens is 420 g/mol. The number of nitrogens with two attached hydrogens (primary N) is 2. The number of halogens is 2. The Balaban J connectivity index is 2.30. The number of Topliss-reactive ketones (excluding diaryl/α,β-unsaturated/α-hetero) is 1. The Labute approximate surface area is 185 Å². The molecule has 2 aromatic rings. The first-order valence-corrected chi connectivity index (χ1v) is 10.0. The summed E-state index contributed by atoms with van der Waals surface area (Å²) in [6.07, 6.45) is -3.56. The number of hydrogen-bond acceptors (Lipinski definition) is 6. The number of anilines is 1. The van der Waals surface area contributed by atoms with Crippen molar-refractivity contribution >= 4 is 17.6 Å². The quantitative estimate of drug-likeness (QED) is 0.459. The number of ketones is 1. The van der Waals surface area contributed by atoms with Crippen LogP contribution in [0.3, 0.4) is 0 Å². The highest BCUT2D eigenvalue weighted by molar-refractivity contribution is 6.04. The SMILES string of the molecule is CC(C)(C)OC(=O)Nc1ccc(CC(N)(C(=O)c2ccccc2)C(O)C(F)(F)CN)cc1. The average Bonchev–Trinajstić information content (AvgIpc) is 2.73. The Morgan fingerprint density at radius 2 is 1.62 bits per heavy atom. The van der Waals surface area contributed by atoms with Crippen LogP contribution in [0.2, 0.25) is 0 Å². The second-order valence-corrected chi connectivity index (χ2v) is 8.60. The molecule has 1 amide bonds. The lowest BCUT2D eigenvalue weighted by Gasteiger charge is -2.37. The molecule has 0 radical (unpaired) electrons. The van der Waals surface area contributed by atoms with Crippen LogP contribution < -0.4 is 16.8 Å². The lowest BCUT2D eigenvalue weighted by atomic mass is 9.77. The van der Waals surface area contributed by atoms with Crippen molar-refractivity contribution in [1.82, 2.24) is 0 Å². The van der Waals surface area contributed by atoms with Crippen LogP contribution in [0.1, 0.15) is 36.7 Å². The number of carbonyl (C=O) groups excluding carboxylic acids is 2. The summed E-state index contributed by atoms with van der Waals surface area (Å²) in [4.78, 5) is 25.0. The summed E-state index contributed by atoms with van der Waals surface area (Å²) >= 11 is 0. The molecule has 32 heavy (non-hydrogen) atoms. The number of ether oxygens (including phenoxy) is 1. The molecule has 174 valence electrons.